The summed E-state index contributed by atoms with van der Waals surface area (Å²) in [5.41, 5.74) is 1.41. The number of amides is 1. The largest absolute Gasteiger partial charge is 0.480 e. The number of carbonyl (C=O) groups is 2. The summed E-state index contributed by atoms with van der Waals surface area (Å²) in [6.45, 7) is 5.41. The first kappa shape index (κ1) is 15.0. The van der Waals surface area contributed by atoms with Crippen LogP contribution in [0.3, 0.4) is 0 Å². The van der Waals surface area contributed by atoms with Crippen molar-refractivity contribution in [3.63, 3.8) is 0 Å². The highest BCUT2D eigenvalue weighted by Gasteiger charge is 2.18. The summed E-state index contributed by atoms with van der Waals surface area (Å²) in [6.07, 6.45) is 0.558. The minimum absolute atomic E-state index is 0.135. The molecule has 0 heterocycles. The van der Waals surface area contributed by atoms with E-state index in [1.807, 2.05) is 13.8 Å². The third kappa shape index (κ3) is 5.42. The highest BCUT2D eigenvalue weighted by atomic mass is 16.4. The first-order valence-electron chi connectivity index (χ1n) is 6.25. The Labute approximate surface area is 113 Å². The molecule has 1 aromatic rings. The smallest absolute Gasteiger partial charge is 0.326 e. The zero-order valence-electron chi connectivity index (χ0n) is 11.4. The van der Waals surface area contributed by atoms with Gasteiger partial charge < -0.3 is 15.7 Å². The Kier molecular flexibility index (Phi) is 5.36. The van der Waals surface area contributed by atoms with E-state index in [0.717, 1.165) is 5.69 Å². The molecule has 1 atom stereocenters. The molecular weight excluding hydrogens is 244 g/mol. The first-order valence-corrected chi connectivity index (χ1v) is 6.25. The lowest BCUT2D eigenvalue weighted by atomic mass is 10.0. The van der Waals surface area contributed by atoms with E-state index in [0.29, 0.717) is 18.0 Å². The Balaban J connectivity index is 2.69. The topological polar surface area (TPSA) is 78.4 Å². The summed E-state index contributed by atoms with van der Waals surface area (Å²) in [7, 11) is 0. The molecule has 3 N–H and O–H groups in total. The number of aliphatic carboxylic acids is 1. The molecule has 1 aromatic carbocycles. The van der Waals surface area contributed by atoms with Gasteiger partial charge >= 0.3 is 5.97 Å². The predicted octanol–water partition coefficient (Wildman–Crippen LogP) is 2.56. The molecule has 5 nitrogen and oxygen atoms in total. The van der Waals surface area contributed by atoms with Crippen molar-refractivity contribution >= 4 is 23.3 Å². The second-order valence-corrected chi connectivity index (χ2v) is 4.92. The maximum Gasteiger partial charge on any atom is 0.326 e. The molecule has 0 radical (unpaired) electrons. The number of carbonyl (C=O) groups excluding carboxylic acids is 1. The molecule has 0 aliphatic rings. The Morgan fingerprint density at radius 3 is 2.11 bits per heavy atom. The molecule has 0 aliphatic heterocycles. The Morgan fingerprint density at radius 1 is 1.16 bits per heavy atom. The van der Waals surface area contributed by atoms with Gasteiger partial charge in [-0.3, -0.25) is 4.79 Å². The van der Waals surface area contributed by atoms with Crippen molar-refractivity contribution in [2.24, 2.45) is 5.92 Å². The zero-order chi connectivity index (χ0) is 14.4. The highest BCUT2D eigenvalue weighted by molar-refractivity contribution is 5.88. The van der Waals surface area contributed by atoms with Crippen LogP contribution in [-0.4, -0.2) is 23.0 Å². The molecule has 0 aliphatic carbocycles. The number of rotatable bonds is 6. The first-order chi connectivity index (χ1) is 8.88. The van der Waals surface area contributed by atoms with Crippen LogP contribution in [0.2, 0.25) is 0 Å². The van der Waals surface area contributed by atoms with Crippen LogP contribution in [0.25, 0.3) is 0 Å². The minimum Gasteiger partial charge on any atom is -0.480 e. The summed E-state index contributed by atoms with van der Waals surface area (Å²) >= 11 is 0. The number of carboxylic acid groups (broad SMARTS) is 1. The van der Waals surface area contributed by atoms with Crippen molar-refractivity contribution in [2.75, 3.05) is 10.6 Å². The Bertz CT molecular complexity index is 441. The molecule has 0 fully saturated rings. The number of nitrogens with one attached hydrogen (secondary N) is 2. The lowest BCUT2D eigenvalue weighted by Crippen LogP contribution is -2.30. The average Bonchev–Trinajstić information content (AvgIpc) is 2.29. The second-order valence-electron chi connectivity index (χ2n) is 4.92. The van der Waals surface area contributed by atoms with Crippen molar-refractivity contribution in [3.8, 4) is 0 Å². The molecular formula is C14H20N2O3. The maximum atomic E-state index is 11.1. The molecule has 0 unspecified atom stereocenters. The fourth-order valence-corrected chi connectivity index (χ4v) is 1.75. The summed E-state index contributed by atoms with van der Waals surface area (Å²) < 4.78 is 0. The van der Waals surface area contributed by atoms with Crippen LogP contribution in [0.15, 0.2) is 24.3 Å². The number of anilines is 2. The SMILES string of the molecule is CC(=O)Nc1ccc(N[C@@H](CC(C)C)C(=O)O)cc1. The summed E-state index contributed by atoms with van der Waals surface area (Å²) in [4.78, 5) is 22.0. The van der Waals surface area contributed by atoms with E-state index in [1.54, 1.807) is 24.3 Å². The van der Waals surface area contributed by atoms with Crippen LogP contribution in [0, 0.1) is 5.92 Å². The monoisotopic (exact) mass is 264 g/mol. The number of hydrogen-bond acceptors (Lipinski definition) is 3. The third-order valence-electron chi connectivity index (χ3n) is 2.55. The molecule has 1 rings (SSSR count). The number of hydrogen-bond donors (Lipinski definition) is 3. The van der Waals surface area contributed by atoms with Crippen LogP contribution in [0.5, 0.6) is 0 Å². The third-order valence-corrected chi connectivity index (χ3v) is 2.55. The fourth-order valence-electron chi connectivity index (χ4n) is 1.75. The van der Waals surface area contributed by atoms with E-state index < -0.39 is 12.0 Å². The minimum atomic E-state index is -0.861. The van der Waals surface area contributed by atoms with E-state index >= 15 is 0 Å². The quantitative estimate of drug-likeness (QED) is 0.737. The fraction of sp³-hybridized carbons (Fsp3) is 0.429. The van der Waals surface area contributed by atoms with Gasteiger partial charge in [0, 0.05) is 18.3 Å². The number of benzene rings is 1. The van der Waals surface area contributed by atoms with E-state index in [2.05, 4.69) is 10.6 Å². The van der Waals surface area contributed by atoms with Gasteiger partial charge in [-0.1, -0.05) is 13.8 Å². The Hall–Kier alpha value is -2.04. The van der Waals surface area contributed by atoms with Crippen LogP contribution in [0.1, 0.15) is 27.2 Å². The van der Waals surface area contributed by atoms with Crippen molar-refractivity contribution in [3.05, 3.63) is 24.3 Å². The van der Waals surface area contributed by atoms with Gasteiger partial charge in [0.25, 0.3) is 0 Å². The zero-order valence-corrected chi connectivity index (χ0v) is 11.4. The predicted molar refractivity (Wildman–Crippen MR) is 75.2 cm³/mol. The molecule has 0 saturated heterocycles. The van der Waals surface area contributed by atoms with Crippen LogP contribution >= 0.6 is 0 Å². The van der Waals surface area contributed by atoms with Crippen molar-refractivity contribution < 1.29 is 14.7 Å². The molecule has 0 aromatic heterocycles. The lowest BCUT2D eigenvalue weighted by Gasteiger charge is -2.17. The van der Waals surface area contributed by atoms with Gasteiger partial charge in [0.15, 0.2) is 0 Å². The van der Waals surface area contributed by atoms with Gasteiger partial charge in [-0.15, -0.1) is 0 Å². The molecule has 104 valence electrons. The van der Waals surface area contributed by atoms with Crippen LogP contribution in [0.4, 0.5) is 11.4 Å². The van der Waals surface area contributed by atoms with Crippen molar-refractivity contribution in [1.82, 2.24) is 0 Å². The van der Waals surface area contributed by atoms with Gasteiger partial charge in [-0.05, 0) is 36.6 Å². The summed E-state index contributed by atoms with van der Waals surface area (Å²) in [5, 5.41) is 14.8. The molecule has 19 heavy (non-hydrogen) atoms. The van der Waals surface area contributed by atoms with Crippen LogP contribution in [-0.2, 0) is 9.59 Å². The summed E-state index contributed by atoms with van der Waals surface area (Å²) in [5.74, 6) is -0.698. The van der Waals surface area contributed by atoms with E-state index in [1.165, 1.54) is 6.92 Å². The van der Waals surface area contributed by atoms with Gasteiger partial charge in [-0.2, -0.15) is 0 Å². The molecule has 0 spiro atoms. The normalized spacial score (nSPS) is 12.0. The van der Waals surface area contributed by atoms with Gasteiger partial charge in [-0.25, -0.2) is 4.79 Å². The van der Waals surface area contributed by atoms with Gasteiger partial charge in [0.05, 0.1) is 0 Å². The van der Waals surface area contributed by atoms with Gasteiger partial charge in [0.1, 0.15) is 6.04 Å². The molecule has 5 heteroatoms. The Morgan fingerprint density at radius 2 is 1.68 bits per heavy atom. The van der Waals surface area contributed by atoms with Crippen LogP contribution < -0.4 is 10.6 Å². The molecule has 1 amide bonds. The van der Waals surface area contributed by atoms with Gasteiger partial charge in [0.2, 0.25) is 5.91 Å². The lowest BCUT2D eigenvalue weighted by molar-refractivity contribution is -0.138. The molecule has 0 saturated carbocycles. The number of carboxylic acids is 1. The maximum absolute atomic E-state index is 11.1. The molecule has 0 bridgehead atoms. The highest BCUT2D eigenvalue weighted by Crippen LogP contribution is 2.16. The van der Waals surface area contributed by atoms with E-state index in [-0.39, 0.29) is 5.91 Å². The second kappa shape index (κ2) is 6.78. The van der Waals surface area contributed by atoms with Crippen molar-refractivity contribution in [1.29, 1.82) is 0 Å². The average molecular weight is 264 g/mol. The van der Waals surface area contributed by atoms with E-state index in [9.17, 15) is 9.59 Å². The standard InChI is InChI=1S/C14H20N2O3/c1-9(2)8-13(14(18)19)16-12-6-4-11(5-7-12)15-10(3)17/h4-7,9,13,16H,8H2,1-3H3,(H,15,17)(H,18,19)/t13-/m0/s1. The summed E-state index contributed by atoms with van der Waals surface area (Å²) in [6, 6.07) is 6.37. The van der Waals surface area contributed by atoms with Crippen molar-refractivity contribution in [2.45, 2.75) is 33.2 Å². The van der Waals surface area contributed by atoms with E-state index in [4.69, 9.17) is 5.11 Å².